The quantitative estimate of drug-likeness (QED) is 0.888. The molecule has 0 saturated carbocycles. The van der Waals surface area contributed by atoms with Gasteiger partial charge in [0.25, 0.3) is 5.91 Å². The van der Waals surface area contributed by atoms with Gasteiger partial charge in [-0.25, -0.2) is 4.98 Å². The molecule has 1 heterocycles. The minimum atomic E-state index is -0.217. The van der Waals surface area contributed by atoms with E-state index in [-0.39, 0.29) is 18.4 Å². The number of aryl methyl sites for hydroxylation is 1. The second-order valence-electron chi connectivity index (χ2n) is 4.01. The first-order valence-corrected chi connectivity index (χ1v) is 5.87. The van der Waals surface area contributed by atoms with Crippen LogP contribution in [0.1, 0.15) is 24.5 Å². The number of benzene rings is 1. The van der Waals surface area contributed by atoms with Gasteiger partial charge in [-0.2, -0.15) is 0 Å². The van der Waals surface area contributed by atoms with Crippen LogP contribution in [0.4, 0.5) is 0 Å². The van der Waals surface area contributed by atoms with Gasteiger partial charge < -0.3 is 5.32 Å². The Morgan fingerprint density at radius 2 is 2.06 bits per heavy atom. The average molecular weight is 245 g/mol. The minimum absolute atomic E-state index is 0.0112. The van der Waals surface area contributed by atoms with E-state index >= 15 is 0 Å². The zero-order chi connectivity index (χ0) is 13.1. The van der Waals surface area contributed by atoms with E-state index in [1.165, 1.54) is 6.92 Å². The van der Waals surface area contributed by atoms with Crippen molar-refractivity contribution in [2.24, 2.45) is 0 Å². The molecular weight excluding hydrogens is 230 g/mol. The van der Waals surface area contributed by atoms with E-state index in [9.17, 15) is 9.59 Å². The molecule has 2 aromatic rings. The number of nitrogens with zero attached hydrogens (tertiary/aromatic N) is 2. The fourth-order valence-corrected chi connectivity index (χ4v) is 1.87. The lowest BCUT2D eigenvalue weighted by molar-refractivity contribution is -0.118. The molecule has 94 valence electrons. The van der Waals surface area contributed by atoms with Gasteiger partial charge in [0, 0.05) is 13.3 Å². The van der Waals surface area contributed by atoms with Crippen LogP contribution in [0.2, 0.25) is 0 Å². The summed E-state index contributed by atoms with van der Waals surface area (Å²) >= 11 is 0. The summed E-state index contributed by atoms with van der Waals surface area (Å²) in [6.07, 6.45) is 0.667. The van der Waals surface area contributed by atoms with Crippen molar-refractivity contribution in [1.29, 1.82) is 0 Å². The summed E-state index contributed by atoms with van der Waals surface area (Å²) in [5, 5.41) is 2.51. The van der Waals surface area contributed by atoms with Crippen LogP contribution in [-0.4, -0.2) is 27.9 Å². The van der Waals surface area contributed by atoms with Crippen LogP contribution in [0.25, 0.3) is 11.0 Å². The molecule has 1 aromatic heterocycles. The first-order valence-electron chi connectivity index (χ1n) is 5.87. The summed E-state index contributed by atoms with van der Waals surface area (Å²) in [4.78, 5) is 27.4. The van der Waals surface area contributed by atoms with Crippen molar-refractivity contribution in [3.63, 3.8) is 0 Å². The Labute approximate surface area is 105 Å². The maximum absolute atomic E-state index is 12.1. The van der Waals surface area contributed by atoms with E-state index in [0.29, 0.717) is 12.2 Å². The number of amides is 1. The highest BCUT2D eigenvalue weighted by Crippen LogP contribution is 2.15. The molecule has 0 unspecified atom stereocenters. The molecule has 0 saturated heterocycles. The van der Waals surface area contributed by atoms with E-state index in [2.05, 4.69) is 10.3 Å². The van der Waals surface area contributed by atoms with Crippen molar-refractivity contribution < 1.29 is 9.59 Å². The van der Waals surface area contributed by atoms with Gasteiger partial charge in [0.1, 0.15) is 5.82 Å². The normalized spacial score (nSPS) is 10.6. The van der Waals surface area contributed by atoms with E-state index in [1.54, 1.807) is 4.57 Å². The summed E-state index contributed by atoms with van der Waals surface area (Å²) in [5.41, 5.74) is 1.58. The second-order valence-corrected chi connectivity index (χ2v) is 4.01. The molecule has 0 fully saturated rings. The van der Waals surface area contributed by atoms with Gasteiger partial charge in [-0.15, -0.1) is 0 Å². The maximum atomic E-state index is 12.1. The Hall–Kier alpha value is -2.17. The van der Waals surface area contributed by atoms with Gasteiger partial charge in [0.15, 0.2) is 0 Å². The van der Waals surface area contributed by atoms with Gasteiger partial charge in [-0.3, -0.25) is 14.2 Å². The number of nitrogens with one attached hydrogen (secondary N) is 1. The van der Waals surface area contributed by atoms with Gasteiger partial charge in [0.2, 0.25) is 5.91 Å². The number of para-hydroxylation sites is 2. The third-order valence-electron chi connectivity index (χ3n) is 2.68. The Kier molecular flexibility index (Phi) is 3.41. The van der Waals surface area contributed by atoms with Crippen LogP contribution in [0.3, 0.4) is 0 Å². The van der Waals surface area contributed by atoms with Crippen LogP contribution in [-0.2, 0) is 11.2 Å². The third kappa shape index (κ3) is 2.25. The lowest BCUT2D eigenvalue weighted by atomic mass is 10.3. The molecule has 18 heavy (non-hydrogen) atoms. The van der Waals surface area contributed by atoms with Gasteiger partial charge in [-0.05, 0) is 12.1 Å². The number of imidazole rings is 1. The molecule has 0 aliphatic heterocycles. The molecular formula is C13H15N3O2. The molecule has 0 spiro atoms. The van der Waals surface area contributed by atoms with Crippen molar-refractivity contribution in [2.75, 3.05) is 6.54 Å². The number of carbonyl (C=O) groups excluding carboxylic acids is 2. The molecule has 0 radical (unpaired) electrons. The third-order valence-corrected chi connectivity index (χ3v) is 2.68. The highest BCUT2D eigenvalue weighted by atomic mass is 16.2. The Balaban J connectivity index is 2.41. The standard InChI is InChI=1S/C13H15N3O2/c1-3-12-15-10-6-4-5-7-11(10)16(12)13(18)8-14-9(2)17/h4-7H,3,8H2,1-2H3,(H,14,17). The molecule has 0 atom stereocenters. The predicted octanol–water partition coefficient (Wildman–Crippen LogP) is 1.38. The van der Waals surface area contributed by atoms with Crippen LogP contribution < -0.4 is 5.32 Å². The summed E-state index contributed by atoms with van der Waals surface area (Å²) in [7, 11) is 0. The van der Waals surface area contributed by atoms with Crippen molar-refractivity contribution in [3.8, 4) is 0 Å². The van der Waals surface area contributed by atoms with Crippen LogP contribution >= 0.6 is 0 Å². The first kappa shape index (κ1) is 12.3. The number of carbonyl (C=O) groups is 2. The largest absolute Gasteiger partial charge is 0.347 e. The number of hydrogen-bond donors (Lipinski definition) is 1. The monoisotopic (exact) mass is 245 g/mol. The summed E-state index contributed by atoms with van der Waals surface area (Å²) in [6, 6.07) is 7.48. The fraction of sp³-hybridized carbons (Fsp3) is 0.308. The lowest BCUT2D eigenvalue weighted by Crippen LogP contribution is -2.31. The molecule has 1 aromatic carbocycles. The summed E-state index contributed by atoms with van der Waals surface area (Å²) < 4.78 is 1.57. The van der Waals surface area contributed by atoms with Crippen LogP contribution in [0, 0.1) is 0 Å². The SMILES string of the molecule is CCc1nc2ccccc2n1C(=O)CNC(C)=O. The Bertz CT molecular complexity index is 601. The molecule has 1 N–H and O–H groups in total. The summed E-state index contributed by atoms with van der Waals surface area (Å²) in [5.74, 6) is 0.327. The first-order chi connectivity index (χ1) is 8.63. The van der Waals surface area contributed by atoms with Crippen molar-refractivity contribution >= 4 is 22.8 Å². The van der Waals surface area contributed by atoms with E-state index in [4.69, 9.17) is 0 Å². The zero-order valence-corrected chi connectivity index (χ0v) is 10.4. The topological polar surface area (TPSA) is 64.0 Å². The Morgan fingerprint density at radius 3 is 2.72 bits per heavy atom. The van der Waals surface area contributed by atoms with E-state index in [0.717, 1.165) is 11.0 Å². The van der Waals surface area contributed by atoms with Gasteiger partial charge in [-0.1, -0.05) is 19.1 Å². The molecule has 5 heteroatoms. The maximum Gasteiger partial charge on any atom is 0.251 e. The fourth-order valence-electron chi connectivity index (χ4n) is 1.87. The number of hydrogen-bond acceptors (Lipinski definition) is 3. The van der Waals surface area contributed by atoms with E-state index in [1.807, 2.05) is 31.2 Å². The second kappa shape index (κ2) is 5.00. The van der Waals surface area contributed by atoms with Gasteiger partial charge in [0.05, 0.1) is 17.6 Å². The highest BCUT2D eigenvalue weighted by Gasteiger charge is 2.15. The predicted molar refractivity (Wildman–Crippen MR) is 68.4 cm³/mol. The molecule has 2 rings (SSSR count). The number of aromatic nitrogens is 2. The van der Waals surface area contributed by atoms with Crippen molar-refractivity contribution in [3.05, 3.63) is 30.1 Å². The molecule has 0 bridgehead atoms. The van der Waals surface area contributed by atoms with Gasteiger partial charge >= 0.3 is 0 Å². The van der Waals surface area contributed by atoms with Crippen molar-refractivity contribution in [2.45, 2.75) is 20.3 Å². The number of rotatable bonds is 3. The molecule has 1 amide bonds. The van der Waals surface area contributed by atoms with Crippen LogP contribution in [0.5, 0.6) is 0 Å². The Morgan fingerprint density at radius 1 is 1.33 bits per heavy atom. The smallest absolute Gasteiger partial charge is 0.251 e. The lowest BCUT2D eigenvalue weighted by Gasteiger charge is -2.06. The van der Waals surface area contributed by atoms with Crippen LogP contribution in [0.15, 0.2) is 24.3 Å². The summed E-state index contributed by atoms with van der Waals surface area (Å²) in [6.45, 7) is 3.33. The highest BCUT2D eigenvalue weighted by molar-refractivity contribution is 5.93. The molecule has 0 aliphatic rings. The zero-order valence-electron chi connectivity index (χ0n) is 10.4. The number of fused-ring (bicyclic) bond motifs is 1. The molecule has 5 nitrogen and oxygen atoms in total. The minimum Gasteiger partial charge on any atom is -0.347 e. The van der Waals surface area contributed by atoms with E-state index < -0.39 is 0 Å². The van der Waals surface area contributed by atoms with Crippen molar-refractivity contribution in [1.82, 2.24) is 14.9 Å². The molecule has 0 aliphatic carbocycles. The average Bonchev–Trinajstić information content (AvgIpc) is 2.74.